The van der Waals surface area contributed by atoms with Gasteiger partial charge >= 0.3 is 5.97 Å². The Bertz CT molecular complexity index is 1170. The molecule has 7 nitrogen and oxygen atoms in total. The van der Waals surface area contributed by atoms with Crippen molar-refractivity contribution in [3.63, 3.8) is 0 Å². The minimum Gasteiger partial charge on any atom is -0.423 e. The van der Waals surface area contributed by atoms with Crippen molar-refractivity contribution >= 4 is 46.6 Å². The number of hydrazone groups is 1. The highest BCUT2D eigenvalue weighted by Gasteiger charge is 2.11. The lowest BCUT2D eigenvalue weighted by Crippen LogP contribution is -2.34. The van der Waals surface area contributed by atoms with Crippen molar-refractivity contribution in [2.24, 2.45) is 5.10 Å². The van der Waals surface area contributed by atoms with Crippen molar-refractivity contribution < 1.29 is 23.5 Å². The number of rotatable bonds is 7. The molecule has 0 saturated carbocycles. The van der Waals surface area contributed by atoms with Crippen molar-refractivity contribution in [1.29, 1.82) is 0 Å². The monoisotopic (exact) mass is 545 g/mol. The van der Waals surface area contributed by atoms with E-state index in [-0.39, 0.29) is 12.1 Å². The first-order chi connectivity index (χ1) is 15.4. The van der Waals surface area contributed by atoms with E-state index < -0.39 is 23.6 Å². The van der Waals surface area contributed by atoms with E-state index in [0.29, 0.717) is 16.9 Å². The van der Waals surface area contributed by atoms with Crippen LogP contribution in [0.4, 0.5) is 4.39 Å². The van der Waals surface area contributed by atoms with Crippen molar-refractivity contribution in [3.05, 3.63) is 98.9 Å². The lowest BCUT2D eigenvalue weighted by molar-refractivity contribution is -0.120. The molecule has 3 aromatic rings. The second-order valence-electron chi connectivity index (χ2n) is 6.42. The van der Waals surface area contributed by atoms with E-state index in [4.69, 9.17) is 4.74 Å². The summed E-state index contributed by atoms with van der Waals surface area (Å²) < 4.78 is 19.3. The highest BCUT2D eigenvalue weighted by molar-refractivity contribution is 14.1. The van der Waals surface area contributed by atoms with E-state index in [1.807, 2.05) is 12.1 Å². The quantitative estimate of drug-likeness (QED) is 0.156. The van der Waals surface area contributed by atoms with E-state index >= 15 is 0 Å². The van der Waals surface area contributed by atoms with Gasteiger partial charge in [-0.05, 0) is 82.8 Å². The number of nitrogens with one attached hydrogen (secondary N) is 2. The molecule has 162 valence electrons. The Balaban J connectivity index is 1.46. The predicted molar refractivity (Wildman–Crippen MR) is 125 cm³/mol. The van der Waals surface area contributed by atoms with E-state index in [2.05, 4.69) is 38.4 Å². The molecule has 0 atom stereocenters. The number of carbonyl (C=O) groups is 3. The van der Waals surface area contributed by atoms with Crippen molar-refractivity contribution in [1.82, 2.24) is 10.7 Å². The first-order valence-corrected chi connectivity index (χ1v) is 10.4. The smallest absolute Gasteiger partial charge is 0.344 e. The molecule has 2 amide bonds. The number of carbonyl (C=O) groups excluding carboxylic acids is 3. The van der Waals surface area contributed by atoms with Crippen LogP contribution in [0.2, 0.25) is 0 Å². The van der Waals surface area contributed by atoms with Gasteiger partial charge in [0.05, 0.1) is 18.3 Å². The van der Waals surface area contributed by atoms with Crippen LogP contribution in [0.25, 0.3) is 0 Å². The van der Waals surface area contributed by atoms with Crippen LogP contribution < -0.4 is 15.5 Å². The molecule has 2 N–H and O–H groups in total. The number of halogens is 2. The number of amides is 2. The number of esters is 1. The lowest BCUT2D eigenvalue weighted by Gasteiger charge is -2.06. The number of hydrogen-bond acceptors (Lipinski definition) is 5. The highest BCUT2D eigenvalue weighted by atomic mass is 127. The van der Waals surface area contributed by atoms with Crippen LogP contribution in [0.1, 0.15) is 26.3 Å². The topological polar surface area (TPSA) is 96.9 Å². The maximum absolute atomic E-state index is 13.1. The normalized spacial score (nSPS) is 10.6. The molecule has 9 heteroatoms. The molecule has 0 aromatic heterocycles. The van der Waals surface area contributed by atoms with Crippen molar-refractivity contribution in [2.75, 3.05) is 6.54 Å². The van der Waals surface area contributed by atoms with Gasteiger partial charge in [-0.2, -0.15) is 5.10 Å². The van der Waals surface area contributed by atoms with Gasteiger partial charge in [0.15, 0.2) is 0 Å². The third kappa shape index (κ3) is 6.71. The number of nitrogens with zero attached hydrogens (tertiary/aromatic N) is 1. The average Bonchev–Trinajstić information content (AvgIpc) is 2.79. The summed E-state index contributed by atoms with van der Waals surface area (Å²) in [5, 5.41) is 6.19. The first-order valence-electron chi connectivity index (χ1n) is 9.35. The molecule has 0 aliphatic rings. The third-order valence-electron chi connectivity index (χ3n) is 4.08. The van der Waals surface area contributed by atoms with Gasteiger partial charge in [0, 0.05) is 9.13 Å². The molecule has 0 bridgehead atoms. The summed E-state index contributed by atoms with van der Waals surface area (Å²) in [4.78, 5) is 35.9. The van der Waals surface area contributed by atoms with Gasteiger partial charge in [-0.3, -0.25) is 9.59 Å². The second kappa shape index (κ2) is 11.1. The summed E-state index contributed by atoms with van der Waals surface area (Å²) in [6, 6.07) is 18.8. The Kier molecular flexibility index (Phi) is 8.03. The number of ether oxygens (including phenoxy) is 1. The molecule has 0 aliphatic heterocycles. The zero-order valence-corrected chi connectivity index (χ0v) is 18.7. The summed E-state index contributed by atoms with van der Waals surface area (Å²) in [6.45, 7) is -0.320. The fourth-order valence-corrected chi connectivity index (χ4v) is 3.13. The molecule has 0 spiro atoms. The highest BCUT2D eigenvalue weighted by Crippen LogP contribution is 2.17. The molecule has 0 unspecified atom stereocenters. The Labute approximate surface area is 196 Å². The lowest BCUT2D eigenvalue weighted by atomic mass is 10.2. The molecule has 0 heterocycles. The van der Waals surface area contributed by atoms with E-state index in [0.717, 1.165) is 9.64 Å². The van der Waals surface area contributed by atoms with Crippen LogP contribution in [0.15, 0.2) is 77.9 Å². The van der Waals surface area contributed by atoms with Crippen molar-refractivity contribution in [2.45, 2.75) is 0 Å². The SMILES string of the molecule is O=C(CNC(=O)c1cccc(F)c1)N/N=C\c1ccc(OC(=O)c2ccccc2I)cc1. The van der Waals surface area contributed by atoms with Crippen LogP contribution in [0, 0.1) is 9.39 Å². The largest absolute Gasteiger partial charge is 0.423 e. The summed E-state index contributed by atoms with van der Waals surface area (Å²) in [5.41, 5.74) is 3.53. The van der Waals surface area contributed by atoms with Gasteiger partial charge in [0.25, 0.3) is 11.8 Å². The van der Waals surface area contributed by atoms with Gasteiger partial charge in [-0.15, -0.1) is 0 Å². The maximum Gasteiger partial charge on any atom is 0.344 e. The Morgan fingerprint density at radius 3 is 2.47 bits per heavy atom. The molecular weight excluding hydrogens is 528 g/mol. The molecule has 3 aromatic carbocycles. The summed E-state index contributed by atoms with van der Waals surface area (Å²) in [5.74, 6) is -1.74. The standard InChI is InChI=1S/C23H17FIN3O4/c24-17-5-3-4-16(12-17)22(30)26-14-21(29)28-27-13-15-8-10-18(11-9-15)32-23(31)19-6-1-2-7-20(19)25/h1-13H,14H2,(H,26,30)(H,28,29)/b27-13-. The number of benzene rings is 3. The molecular formula is C23H17FIN3O4. The second-order valence-corrected chi connectivity index (χ2v) is 7.59. The predicted octanol–water partition coefficient (Wildman–Crippen LogP) is 3.53. The van der Waals surface area contributed by atoms with Crippen LogP contribution in [-0.4, -0.2) is 30.5 Å². The van der Waals surface area contributed by atoms with Crippen LogP contribution in [0.5, 0.6) is 5.75 Å². The fourth-order valence-electron chi connectivity index (χ4n) is 2.52. The summed E-state index contributed by atoms with van der Waals surface area (Å²) in [7, 11) is 0. The summed E-state index contributed by atoms with van der Waals surface area (Å²) >= 11 is 2.07. The Morgan fingerprint density at radius 2 is 1.75 bits per heavy atom. The molecule has 0 saturated heterocycles. The van der Waals surface area contributed by atoms with E-state index in [1.54, 1.807) is 36.4 Å². The van der Waals surface area contributed by atoms with E-state index in [1.165, 1.54) is 24.4 Å². The Morgan fingerprint density at radius 1 is 1.00 bits per heavy atom. The zero-order chi connectivity index (χ0) is 22.9. The van der Waals surface area contributed by atoms with Crippen molar-refractivity contribution in [3.8, 4) is 5.75 Å². The fraction of sp³-hybridized carbons (Fsp3) is 0.0435. The third-order valence-corrected chi connectivity index (χ3v) is 5.02. The van der Waals surface area contributed by atoms with Gasteiger partial charge < -0.3 is 10.1 Å². The molecule has 0 aliphatic carbocycles. The molecule has 32 heavy (non-hydrogen) atoms. The van der Waals surface area contributed by atoms with Gasteiger partial charge in [0.1, 0.15) is 11.6 Å². The summed E-state index contributed by atoms with van der Waals surface area (Å²) in [6.07, 6.45) is 1.40. The number of hydrogen-bond donors (Lipinski definition) is 2. The van der Waals surface area contributed by atoms with Crippen LogP contribution >= 0.6 is 22.6 Å². The molecule has 3 rings (SSSR count). The van der Waals surface area contributed by atoms with E-state index in [9.17, 15) is 18.8 Å². The zero-order valence-electron chi connectivity index (χ0n) is 16.5. The minimum atomic E-state index is -0.570. The average molecular weight is 545 g/mol. The molecule has 0 radical (unpaired) electrons. The van der Waals surface area contributed by atoms with Gasteiger partial charge in [-0.25, -0.2) is 14.6 Å². The van der Waals surface area contributed by atoms with Gasteiger partial charge in [-0.1, -0.05) is 18.2 Å². The van der Waals surface area contributed by atoms with Gasteiger partial charge in [0.2, 0.25) is 0 Å². The first kappa shape index (κ1) is 23.1. The minimum absolute atomic E-state index is 0.115. The molecule has 0 fully saturated rings. The Hall–Kier alpha value is -3.60. The maximum atomic E-state index is 13.1. The van der Waals surface area contributed by atoms with Crippen LogP contribution in [-0.2, 0) is 4.79 Å². The van der Waals surface area contributed by atoms with Crippen LogP contribution in [0.3, 0.4) is 0 Å².